The first-order valence-corrected chi connectivity index (χ1v) is 10.5. The summed E-state index contributed by atoms with van der Waals surface area (Å²) in [4.78, 5) is 30.0. The topological polar surface area (TPSA) is 86.8 Å². The first-order chi connectivity index (χ1) is 14.7. The summed E-state index contributed by atoms with van der Waals surface area (Å²) in [6.45, 7) is 6.17. The third kappa shape index (κ3) is 4.07. The normalized spacial score (nSPS) is 28.7. The van der Waals surface area contributed by atoms with Crippen LogP contribution in [0.2, 0.25) is 0 Å². The second-order valence-corrected chi connectivity index (χ2v) is 8.99. The van der Waals surface area contributed by atoms with Gasteiger partial charge in [0.15, 0.2) is 0 Å². The number of ether oxygens (including phenoxy) is 3. The van der Waals surface area contributed by atoms with Crippen molar-refractivity contribution < 1.29 is 23.8 Å². The lowest BCUT2D eigenvalue weighted by Gasteiger charge is -2.62. The molecule has 164 valence electrons. The van der Waals surface area contributed by atoms with E-state index in [4.69, 9.17) is 14.2 Å². The Morgan fingerprint density at radius 1 is 1.10 bits per heavy atom. The maximum Gasteiger partial charge on any atom is 0.419 e. The standard InChI is InChI=1S/C24H28N2O5/c1-22(2)24(20(27)26-21(28)30-18-10-5-4-6-11-18)13-12-23(3,31-22)19(15-24)29-16-17-9-7-8-14-25-17/h4-11,14,19H,12-13,15-16H2,1-3H3,(H,26,27,28). The van der Waals surface area contributed by atoms with Crippen molar-refractivity contribution in [3.05, 3.63) is 60.4 Å². The van der Waals surface area contributed by atoms with Gasteiger partial charge in [-0.05, 0) is 64.3 Å². The molecule has 1 N–H and O–H groups in total. The molecule has 2 aromatic rings. The minimum Gasteiger partial charge on any atom is -0.410 e. The number of para-hydroxylation sites is 1. The molecule has 1 aliphatic carbocycles. The molecule has 31 heavy (non-hydrogen) atoms. The van der Waals surface area contributed by atoms with Gasteiger partial charge in [0.05, 0.1) is 35.0 Å². The summed E-state index contributed by atoms with van der Waals surface area (Å²) in [5.41, 5.74) is -1.36. The molecule has 7 heteroatoms. The summed E-state index contributed by atoms with van der Waals surface area (Å²) in [7, 11) is 0. The summed E-state index contributed by atoms with van der Waals surface area (Å²) in [6, 6.07) is 14.3. The molecular weight excluding hydrogens is 396 g/mol. The minimum absolute atomic E-state index is 0.299. The van der Waals surface area contributed by atoms with E-state index in [2.05, 4.69) is 10.3 Å². The lowest BCUT2D eigenvalue weighted by molar-refractivity contribution is -0.309. The average Bonchev–Trinajstić information content (AvgIpc) is 2.73. The molecule has 1 aromatic carbocycles. The third-order valence-corrected chi connectivity index (χ3v) is 6.67. The van der Waals surface area contributed by atoms with Gasteiger partial charge in [0.2, 0.25) is 5.91 Å². The average molecular weight is 424 g/mol. The van der Waals surface area contributed by atoms with Gasteiger partial charge in [0, 0.05) is 6.20 Å². The number of rotatable bonds is 5. The van der Waals surface area contributed by atoms with Crippen LogP contribution in [0.1, 0.15) is 45.7 Å². The van der Waals surface area contributed by atoms with Crippen molar-refractivity contribution in [2.24, 2.45) is 5.41 Å². The fourth-order valence-corrected chi connectivity index (χ4v) is 4.82. The second kappa shape index (κ2) is 8.05. The van der Waals surface area contributed by atoms with E-state index in [9.17, 15) is 9.59 Å². The Balaban J connectivity index is 1.49. The Kier molecular flexibility index (Phi) is 5.58. The first-order valence-electron chi connectivity index (χ1n) is 10.5. The Hall–Kier alpha value is -2.77. The monoisotopic (exact) mass is 424 g/mol. The molecule has 3 heterocycles. The molecular formula is C24H28N2O5. The van der Waals surface area contributed by atoms with E-state index in [0.717, 1.165) is 5.69 Å². The number of amides is 2. The largest absolute Gasteiger partial charge is 0.419 e. The van der Waals surface area contributed by atoms with E-state index in [1.54, 1.807) is 30.5 Å². The molecule has 2 aliphatic heterocycles. The van der Waals surface area contributed by atoms with Crippen LogP contribution in [-0.2, 0) is 20.9 Å². The van der Waals surface area contributed by atoms with Crippen LogP contribution in [0.3, 0.4) is 0 Å². The highest BCUT2D eigenvalue weighted by atomic mass is 16.6. The number of nitrogens with one attached hydrogen (secondary N) is 1. The number of carbonyl (C=O) groups is 2. The maximum absolute atomic E-state index is 13.4. The van der Waals surface area contributed by atoms with Crippen molar-refractivity contribution in [1.29, 1.82) is 0 Å². The van der Waals surface area contributed by atoms with Crippen molar-refractivity contribution in [2.45, 2.75) is 63.9 Å². The van der Waals surface area contributed by atoms with Crippen LogP contribution in [0.4, 0.5) is 4.79 Å². The highest BCUT2D eigenvalue weighted by Gasteiger charge is 2.66. The molecule has 2 amide bonds. The molecule has 1 saturated carbocycles. The number of benzene rings is 1. The van der Waals surface area contributed by atoms with Gasteiger partial charge in [0.25, 0.3) is 0 Å². The summed E-state index contributed by atoms with van der Waals surface area (Å²) in [5.74, 6) is -0.0242. The Morgan fingerprint density at radius 2 is 1.84 bits per heavy atom. The van der Waals surface area contributed by atoms with Gasteiger partial charge in [-0.2, -0.15) is 0 Å². The summed E-state index contributed by atoms with van der Waals surface area (Å²) >= 11 is 0. The second-order valence-electron chi connectivity index (χ2n) is 8.99. The van der Waals surface area contributed by atoms with E-state index in [1.165, 1.54) is 0 Å². The molecule has 3 atom stereocenters. The highest BCUT2D eigenvalue weighted by molar-refractivity contribution is 5.97. The number of pyridine rings is 1. The van der Waals surface area contributed by atoms with Crippen LogP contribution in [0.15, 0.2) is 54.7 Å². The van der Waals surface area contributed by atoms with Gasteiger partial charge in [-0.3, -0.25) is 15.1 Å². The van der Waals surface area contributed by atoms with Gasteiger partial charge < -0.3 is 14.2 Å². The quantitative estimate of drug-likeness (QED) is 0.780. The van der Waals surface area contributed by atoms with Crippen LogP contribution in [0.25, 0.3) is 0 Å². The first kappa shape index (κ1) is 21.5. The van der Waals surface area contributed by atoms with E-state index in [1.807, 2.05) is 45.0 Å². The number of carbonyl (C=O) groups excluding carboxylic acids is 2. The Morgan fingerprint density at radius 3 is 2.52 bits per heavy atom. The Bertz CT molecular complexity index is 949. The van der Waals surface area contributed by atoms with Crippen molar-refractivity contribution in [2.75, 3.05) is 0 Å². The smallest absolute Gasteiger partial charge is 0.410 e. The van der Waals surface area contributed by atoms with Gasteiger partial charge in [-0.1, -0.05) is 24.3 Å². The van der Waals surface area contributed by atoms with Crippen molar-refractivity contribution in [3.63, 3.8) is 0 Å². The molecule has 0 radical (unpaired) electrons. The zero-order chi connectivity index (χ0) is 22.1. The van der Waals surface area contributed by atoms with Crippen LogP contribution in [-0.4, -0.2) is 34.3 Å². The summed E-state index contributed by atoms with van der Waals surface area (Å²) in [5, 5.41) is 2.43. The predicted octanol–water partition coefficient (Wildman–Crippen LogP) is 4.02. The van der Waals surface area contributed by atoms with Crippen LogP contribution in [0, 0.1) is 5.41 Å². The highest BCUT2D eigenvalue weighted by Crippen LogP contribution is 2.58. The lowest BCUT2D eigenvalue weighted by Crippen LogP contribution is -2.71. The molecule has 3 unspecified atom stereocenters. The third-order valence-electron chi connectivity index (χ3n) is 6.67. The zero-order valence-electron chi connectivity index (χ0n) is 18.1. The molecule has 2 saturated heterocycles. The Labute approximate surface area is 182 Å². The zero-order valence-corrected chi connectivity index (χ0v) is 18.1. The molecule has 5 rings (SSSR count). The fraction of sp³-hybridized carbons (Fsp3) is 0.458. The molecule has 2 bridgehead atoms. The van der Waals surface area contributed by atoms with Crippen LogP contribution >= 0.6 is 0 Å². The number of hydrogen-bond donors (Lipinski definition) is 1. The van der Waals surface area contributed by atoms with Crippen molar-refractivity contribution >= 4 is 12.0 Å². The molecule has 0 spiro atoms. The van der Waals surface area contributed by atoms with E-state index in [0.29, 0.717) is 31.6 Å². The van der Waals surface area contributed by atoms with E-state index < -0.39 is 28.6 Å². The predicted molar refractivity (Wildman–Crippen MR) is 113 cm³/mol. The fourth-order valence-electron chi connectivity index (χ4n) is 4.82. The number of nitrogens with zero attached hydrogens (tertiary/aromatic N) is 1. The van der Waals surface area contributed by atoms with Crippen molar-refractivity contribution in [3.8, 4) is 5.75 Å². The summed E-state index contributed by atoms with van der Waals surface area (Å²) in [6.07, 6.45) is 2.33. The molecule has 7 nitrogen and oxygen atoms in total. The van der Waals surface area contributed by atoms with Crippen LogP contribution in [0.5, 0.6) is 5.75 Å². The van der Waals surface area contributed by atoms with E-state index in [-0.39, 0.29) is 6.10 Å². The maximum atomic E-state index is 13.4. The van der Waals surface area contributed by atoms with E-state index >= 15 is 0 Å². The molecule has 1 aromatic heterocycles. The molecule has 3 aliphatic rings. The number of hydrogen-bond acceptors (Lipinski definition) is 6. The van der Waals surface area contributed by atoms with Crippen LogP contribution < -0.4 is 10.1 Å². The number of fused-ring (bicyclic) bond motifs is 3. The van der Waals surface area contributed by atoms with Gasteiger partial charge in [-0.15, -0.1) is 0 Å². The minimum atomic E-state index is -0.907. The van der Waals surface area contributed by atoms with Crippen molar-refractivity contribution in [1.82, 2.24) is 10.3 Å². The SMILES string of the molecule is CC12CCC(C(=O)NC(=O)Oc3ccccc3)(CC1OCc1ccccn1)C(C)(C)O2. The van der Waals surface area contributed by atoms with Gasteiger partial charge in [-0.25, -0.2) is 4.79 Å². The summed E-state index contributed by atoms with van der Waals surface area (Å²) < 4.78 is 17.9. The number of imide groups is 1. The molecule has 3 fully saturated rings. The van der Waals surface area contributed by atoms with Gasteiger partial charge >= 0.3 is 6.09 Å². The lowest BCUT2D eigenvalue weighted by atomic mass is 9.56. The number of aromatic nitrogens is 1. The van der Waals surface area contributed by atoms with Gasteiger partial charge in [0.1, 0.15) is 5.75 Å².